The second-order valence-corrected chi connectivity index (χ2v) is 5.84. The summed E-state index contributed by atoms with van der Waals surface area (Å²) in [5, 5.41) is 9.36. The number of nitrogens with zero attached hydrogens (tertiary/aromatic N) is 7. The van der Waals surface area contributed by atoms with Gasteiger partial charge in [-0.3, -0.25) is 4.99 Å². The van der Waals surface area contributed by atoms with Gasteiger partial charge in [0.1, 0.15) is 18.5 Å². The molecule has 0 aliphatic rings. The Balaban J connectivity index is 0.00000155. The molecule has 0 radical (unpaired) electrons. The lowest BCUT2D eigenvalue weighted by Crippen LogP contribution is -2.24. The van der Waals surface area contributed by atoms with Crippen LogP contribution >= 0.6 is 0 Å². The third kappa shape index (κ3) is 6.14. The van der Waals surface area contributed by atoms with Crippen LogP contribution in [0.15, 0.2) is 60.5 Å². The van der Waals surface area contributed by atoms with Crippen LogP contribution in [0.25, 0.3) is 18.0 Å². The van der Waals surface area contributed by atoms with Crippen LogP contribution in [0, 0.1) is 0 Å². The van der Waals surface area contributed by atoms with Crippen molar-refractivity contribution in [2.75, 3.05) is 19.4 Å². The number of rotatable bonds is 9. The van der Waals surface area contributed by atoms with Gasteiger partial charge in [0.25, 0.3) is 0 Å². The van der Waals surface area contributed by atoms with Crippen molar-refractivity contribution in [1.29, 1.82) is 0 Å². The minimum Gasteiger partial charge on any atom is -0.378 e. The number of anilines is 1. The number of aromatic nitrogens is 5. The lowest BCUT2D eigenvalue weighted by atomic mass is 10.3. The minimum absolute atomic E-state index is 0.555. The van der Waals surface area contributed by atoms with Crippen molar-refractivity contribution in [2.24, 2.45) is 4.99 Å². The first-order valence-corrected chi connectivity index (χ1v) is 9.67. The number of hydrogen-bond donors (Lipinski definition) is 2. The number of hydrazine groups is 1. The van der Waals surface area contributed by atoms with Gasteiger partial charge in [0, 0.05) is 38.4 Å². The second-order valence-electron chi connectivity index (χ2n) is 5.84. The molecule has 9 heteroatoms. The minimum atomic E-state index is 0.555. The summed E-state index contributed by atoms with van der Waals surface area (Å²) in [5.74, 6) is 0.854. The molecule has 2 aromatic heterocycles. The Morgan fingerprint density at radius 1 is 1.23 bits per heavy atom. The molecule has 3 rings (SSSR count). The normalized spacial score (nSPS) is 10.8. The fourth-order valence-electron chi connectivity index (χ4n) is 2.47. The van der Waals surface area contributed by atoms with Gasteiger partial charge in [0.15, 0.2) is 0 Å². The molecule has 2 N–H and O–H groups in total. The van der Waals surface area contributed by atoms with Crippen molar-refractivity contribution in [3.05, 3.63) is 67.0 Å². The van der Waals surface area contributed by atoms with Crippen LogP contribution < -0.4 is 10.7 Å². The maximum atomic E-state index is 4.52. The summed E-state index contributed by atoms with van der Waals surface area (Å²) in [5.41, 5.74) is 5.88. The van der Waals surface area contributed by atoms with E-state index in [1.165, 1.54) is 6.33 Å². The van der Waals surface area contributed by atoms with Gasteiger partial charge in [-0.05, 0) is 37.1 Å². The summed E-state index contributed by atoms with van der Waals surface area (Å²) < 4.78 is 3.68. The van der Waals surface area contributed by atoms with Crippen molar-refractivity contribution in [3.8, 4) is 5.69 Å². The molecule has 0 saturated heterocycles. The van der Waals surface area contributed by atoms with Gasteiger partial charge < -0.3 is 14.9 Å². The molecule has 1 aromatic carbocycles. The van der Waals surface area contributed by atoms with E-state index in [2.05, 4.69) is 37.5 Å². The van der Waals surface area contributed by atoms with Crippen molar-refractivity contribution in [1.82, 2.24) is 34.8 Å². The summed E-state index contributed by atoms with van der Waals surface area (Å²) in [6.07, 6.45) is 12.4. The third-order valence-corrected chi connectivity index (χ3v) is 4.05. The van der Waals surface area contributed by atoms with Crippen LogP contribution in [0.1, 0.15) is 25.4 Å². The highest BCUT2D eigenvalue weighted by Crippen LogP contribution is 2.15. The lowest BCUT2D eigenvalue weighted by Gasteiger charge is -2.11. The molecule has 0 aliphatic carbocycles. The topological polar surface area (TPSA) is 88.2 Å². The van der Waals surface area contributed by atoms with Crippen LogP contribution in [-0.2, 0) is 6.54 Å². The summed E-state index contributed by atoms with van der Waals surface area (Å²) in [6.45, 7) is 8.05. The third-order valence-electron chi connectivity index (χ3n) is 4.05. The van der Waals surface area contributed by atoms with Crippen LogP contribution in [0.5, 0.6) is 0 Å². The highest BCUT2D eigenvalue weighted by Gasteiger charge is 2.06. The zero-order chi connectivity index (χ0) is 21.8. The van der Waals surface area contributed by atoms with Crippen molar-refractivity contribution >= 4 is 24.7 Å². The molecule has 3 aromatic rings. The standard InChI is InChI=1S/C19H23N9.C2H6/c1-20-9-11-27-18(8-10-26(3)21-2)12-24-19(27)13-23-16-4-6-17(7-5-16)28-15-22-14-25-28;1-2/h4-12,14-15,21,23H,1,13H2,2-3H3;1-2H3/b10-8+,11-9-;. The lowest BCUT2D eigenvalue weighted by molar-refractivity contribution is 0.367. The molecule has 2 heterocycles. The molecule has 0 unspecified atom stereocenters. The van der Waals surface area contributed by atoms with E-state index in [1.807, 2.05) is 86.5 Å². The van der Waals surface area contributed by atoms with Gasteiger partial charge in [0.05, 0.1) is 24.1 Å². The van der Waals surface area contributed by atoms with Gasteiger partial charge in [-0.1, -0.05) is 13.8 Å². The molecule has 0 spiro atoms. The number of benzene rings is 1. The van der Waals surface area contributed by atoms with E-state index in [-0.39, 0.29) is 0 Å². The summed E-state index contributed by atoms with van der Waals surface area (Å²) in [4.78, 5) is 12.3. The monoisotopic (exact) mass is 407 g/mol. The Morgan fingerprint density at radius 2 is 2.00 bits per heavy atom. The molecule has 0 amide bonds. The molecule has 9 nitrogen and oxygen atoms in total. The van der Waals surface area contributed by atoms with Gasteiger partial charge in [0.2, 0.25) is 0 Å². The average Bonchev–Trinajstić information content (AvgIpc) is 3.46. The highest BCUT2D eigenvalue weighted by molar-refractivity contribution is 5.51. The Morgan fingerprint density at radius 3 is 2.63 bits per heavy atom. The van der Waals surface area contributed by atoms with Crippen molar-refractivity contribution in [2.45, 2.75) is 20.4 Å². The predicted molar refractivity (Wildman–Crippen MR) is 123 cm³/mol. The van der Waals surface area contributed by atoms with E-state index in [4.69, 9.17) is 0 Å². The molecule has 0 atom stereocenters. The largest absolute Gasteiger partial charge is 0.378 e. The fourth-order valence-corrected chi connectivity index (χ4v) is 2.47. The SMILES string of the molecule is C=N/C=C\n1c(/C=C/N(C)NC)cnc1CNc1ccc(-n2cncn2)cc1.CC. The maximum Gasteiger partial charge on any atom is 0.138 e. The van der Waals surface area contributed by atoms with Gasteiger partial charge in [-0.25, -0.2) is 20.1 Å². The Hall–Kier alpha value is -3.72. The van der Waals surface area contributed by atoms with E-state index in [0.29, 0.717) is 6.54 Å². The van der Waals surface area contributed by atoms with E-state index in [9.17, 15) is 0 Å². The molecular weight excluding hydrogens is 378 g/mol. The van der Waals surface area contributed by atoms with E-state index >= 15 is 0 Å². The molecule has 30 heavy (non-hydrogen) atoms. The zero-order valence-corrected chi connectivity index (χ0v) is 17.9. The Bertz CT molecular complexity index is 938. The van der Waals surface area contributed by atoms with E-state index < -0.39 is 0 Å². The van der Waals surface area contributed by atoms with Gasteiger partial charge in [-0.2, -0.15) is 5.10 Å². The summed E-state index contributed by atoms with van der Waals surface area (Å²) in [6, 6.07) is 7.95. The van der Waals surface area contributed by atoms with Crippen LogP contribution in [0.3, 0.4) is 0 Å². The molecule has 0 aliphatic heterocycles. The first-order chi connectivity index (χ1) is 14.7. The predicted octanol–water partition coefficient (Wildman–Crippen LogP) is 3.27. The molecule has 0 bridgehead atoms. The Kier molecular flexibility index (Phi) is 9.01. The molecule has 0 fully saturated rings. The van der Waals surface area contributed by atoms with Crippen molar-refractivity contribution < 1.29 is 0 Å². The highest BCUT2D eigenvalue weighted by atomic mass is 15.5. The smallest absolute Gasteiger partial charge is 0.138 e. The van der Waals surface area contributed by atoms with Gasteiger partial charge in [-0.15, -0.1) is 0 Å². The van der Waals surface area contributed by atoms with Gasteiger partial charge >= 0.3 is 0 Å². The van der Waals surface area contributed by atoms with E-state index in [0.717, 1.165) is 22.9 Å². The van der Waals surface area contributed by atoms with Crippen LogP contribution in [0.4, 0.5) is 5.69 Å². The van der Waals surface area contributed by atoms with Crippen LogP contribution in [0.2, 0.25) is 0 Å². The summed E-state index contributed by atoms with van der Waals surface area (Å²) in [7, 11) is 3.77. The zero-order valence-electron chi connectivity index (χ0n) is 17.9. The van der Waals surface area contributed by atoms with Crippen molar-refractivity contribution in [3.63, 3.8) is 0 Å². The second kappa shape index (κ2) is 12.0. The maximum absolute atomic E-state index is 4.52. The number of nitrogens with one attached hydrogen (secondary N) is 2. The first kappa shape index (κ1) is 22.6. The molecule has 158 valence electrons. The Labute approximate surface area is 177 Å². The summed E-state index contributed by atoms with van der Waals surface area (Å²) >= 11 is 0. The van der Waals surface area contributed by atoms with E-state index in [1.54, 1.807) is 17.2 Å². The number of aliphatic imine (C=N–C) groups is 1. The molecular formula is C21H29N9. The van der Waals surface area contributed by atoms with Crippen LogP contribution in [-0.4, -0.2) is 50.1 Å². The fraction of sp³-hybridized carbons (Fsp3) is 0.238. The number of imidazole rings is 1. The first-order valence-electron chi connectivity index (χ1n) is 9.67. The average molecular weight is 408 g/mol. The number of hydrogen-bond acceptors (Lipinski definition) is 7. The molecule has 0 saturated carbocycles. The quantitative estimate of drug-likeness (QED) is 0.418.